The first-order chi connectivity index (χ1) is 57.1. The van der Waals surface area contributed by atoms with Gasteiger partial charge < -0.3 is 54.0 Å². The number of halogens is 1. The molecular formula is C101H115FN6O12. The van der Waals surface area contributed by atoms with Crippen LogP contribution >= 0.6 is 0 Å². The fourth-order valence-electron chi connectivity index (χ4n) is 18.1. The minimum atomic E-state index is -1.20. The zero-order valence-electron chi connectivity index (χ0n) is 72.5. The predicted octanol–water partition coefficient (Wildman–Crippen LogP) is 20.2. The summed E-state index contributed by atoms with van der Waals surface area (Å²) in [7, 11) is 2.15. The Labute approximate surface area is 705 Å². The maximum absolute atomic E-state index is 13.4. The van der Waals surface area contributed by atoms with Gasteiger partial charge >= 0.3 is 17.9 Å². The number of nitrogens with one attached hydrogen (secondary N) is 1. The molecule has 3 aromatic heterocycles. The third-order valence-electron chi connectivity index (χ3n) is 23.3. The molecule has 4 N–H and O–H groups in total. The van der Waals surface area contributed by atoms with Crippen molar-refractivity contribution in [1.82, 2.24) is 30.1 Å². The summed E-state index contributed by atoms with van der Waals surface area (Å²) in [6.45, 7) is 37.0. The van der Waals surface area contributed by atoms with E-state index in [-0.39, 0.29) is 5.82 Å². The van der Waals surface area contributed by atoms with Crippen LogP contribution in [0.1, 0.15) is 206 Å². The van der Waals surface area contributed by atoms with Gasteiger partial charge in [-0.2, -0.15) is 0 Å². The Morgan fingerprint density at radius 2 is 0.742 bits per heavy atom. The van der Waals surface area contributed by atoms with Crippen molar-refractivity contribution in [2.75, 3.05) is 46.5 Å². The fraction of sp³-hybridized carbons (Fsp3) is 0.406. The number of pyridine rings is 3. The van der Waals surface area contributed by atoms with Crippen LogP contribution in [-0.2, 0) is 93.3 Å². The van der Waals surface area contributed by atoms with Crippen molar-refractivity contribution in [3.05, 3.63) is 246 Å². The largest absolute Gasteiger partial charge is 0.493 e. The number of carboxylic acid groups (broad SMARTS) is 3. The highest BCUT2D eigenvalue weighted by atomic mass is 19.1. The lowest BCUT2D eigenvalue weighted by molar-refractivity contribution is -0.161. The van der Waals surface area contributed by atoms with Gasteiger partial charge in [0, 0.05) is 107 Å². The van der Waals surface area contributed by atoms with Crippen molar-refractivity contribution in [2.24, 2.45) is 0 Å². The van der Waals surface area contributed by atoms with E-state index in [1.165, 1.54) is 45.5 Å². The minimum Gasteiger partial charge on any atom is -0.493 e. The highest BCUT2D eigenvalue weighted by Crippen LogP contribution is 2.50. The molecule has 0 unspecified atom stereocenters. The van der Waals surface area contributed by atoms with Crippen LogP contribution in [0, 0.1) is 47.4 Å². The number of carbonyl (C=O) groups is 3. The standard InChI is InChI=1S/C38H41FN2O4.C32H38N2O4.C31H36N2O4/c1-23-33(28-10-11-30-22-41(17-16-26(30)19-28)21-25-8-13-31(39)14-9-25)35(29-12-15-32-27(20-29)7-6-18-44-32)34(24(2)40-23)36(37(42)43)45-38(3,4)5;1-19-27(23-9-10-25-18-34(6)14-13-21(25)16-23)29(24-11-12-26-22(17-24)8-7-15-37-26)28(20(2)33-19)30(31(35)36)38-32(3,4)5;1-18-26(22-8-9-24-17-32-13-12-20(24)15-22)28(23-10-11-25-21(16-23)7-6-14-36-25)27(19(2)33-18)29(30(34)35)37-31(3,4)5/h8-15,19-20,36H,6-7,16-18,21-22H2,1-5H3,(H,42,43);9-12,16-17,30H,7-8,13-15,18H2,1-6H3,(H,35,36);8-11,15-16,29,32H,6-7,12-14,17H2,1-5H3,(H,34,35)/t36-;30-;29-/m000/s1. The van der Waals surface area contributed by atoms with Crippen LogP contribution in [-0.4, -0.2) is 121 Å². The summed E-state index contributed by atoms with van der Waals surface area (Å²) in [5.41, 5.74) is 28.2. The first-order valence-electron chi connectivity index (χ1n) is 42.4. The topological polar surface area (TPSA) is 224 Å². The van der Waals surface area contributed by atoms with Crippen LogP contribution in [0.2, 0.25) is 0 Å². The number of aryl methyl sites for hydroxylation is 9. The van der Waals surface area contributed by atoms with E-state index in [9.17, 15) is 34.1 Å². The van der Waals surface area contributed by atoms with Crippen LogP contribution in [0.15, 0.2) is 133 Å². The van der Waals surface area contributed by atoms with Gasteiger partial charge in [0.15, 0.2) is 18.3 Å². The zero-order valence-corrected chi connectivity index (χ0v) is 72.5. The van der Waals surface area contributed by atoms with E-state index in [1.807, 2.05) is 146 Å². The number of fused-ring (bicyclic) bond motifs is 6. The molecule has 0 radical (unpaired) electrons. The Bertz CT molecular complexity index is 5560. The van der Waals surface area contributed by atoms with Crippen LogP contribution in [0.4, 0.5) is 4.39 Å². The van der Waals surface area contributed by atoms with E-state index >= 15 is 0 Å². The van der Waals surface area contributed by atoms with Crippen molar-refractivity contribution in [3.8, 4) is 84.0 Å². The van der Waals surface area contributed by atoms with Crippen molar-refractivity contribution in [3.63, 3.8) is 0 Å². The van der Waals surface area contributed by atoms with Gasteiger partial charge in [-0.3, -0.25) is 19.9 Å². The summed E-state index contributed by atoms with van der Waals surface area (Å²) >= 11 is 0. The van der Waals surface area contributed by atoms with Gasteiger partial charge in [-0.1, -0.05) is 84.9 Å². The average Bonchev–Trinajstić information content (AvgIpc) is 0.754. The Kier molecular flexibility index (Phi) is 25.5. The molecule has 16 rings (SSSR count). The first-order valence-corrected chi connectivity index (χ1v) is 42.4. The van der Waals surface area contributed by atoms with E-state index in [2.05, 4.69) is 101 Å². The zero-order chi connectivity index (χ0) is 85.4. The second-order valence-electron chi connectivity index (χ2n) is 36.0. The molecule has 18 nitrogen and oxygen atoms in total. The number of rotatable bonds is 17. The van der Waals surface area contributed by atoms with Crippen LogP contribution in [0.5, 0.6) is 17.2 Å². The van der Waals surface area contributed by atoms with Crippen LogP contribution in [0.25, 0.3) is 66.8 Å². The SMILES string of the molecule is Cc1nc(C)c([C@H](OC(C)(C)C)C(=O)O)c(-c2ccc3c(c2)CCCO3)c1-c1ccc2c(c1)CCN(C)C2.Cc1nc(C)c([C@H](OC(C)(C)C)C(=O)O)c(-c2ccc3c(c2)CCCO3)c1-c1ccc2c(c1)CCN(Cc1ccc(F)cc1)C2.Cc1nc(C)c([C@H](OC(C)(C)C)C(=O)O)c(-c2ccc3c(c2)CCCO3)c1-c1ccc2c(c1)CCNC2. The fourth-order valence-corrected chi connectivity index (χ4v) is 18.1. The monoisotopic (exact) mass is 1620 g/mol. The van der Waals surface area contributed by atoms with Crippen molar-refractivity contribution in [1.29, 1.82) is 0 Å². The number of carboxylic acids is 3. The molecule has 0 amide bonds. The Morgan fingerprint density at radius 3 is 1.12 bits per heavy atom. The van der Waals surface area contributed by atoms with E-state index in [0.29, 0.717) is 40.4 Å². The van der Waals surface area contributed by atoms with Crippen LogP contribution < -0.4 is 19.5 Å². The number of aliphatic carboxylic acids is 3. The number of hydrogen-bond acceptors (Lipinski definition) is 15. The number of hydrogen-bond donors (Lipinski definition) is 4. The molecule has 10 aromatic rings. The number of benzene rings is 7. The predicted molar refractivity (Wildman–Crippen MR) is 469 cm³/mol. The Balaban J connectivity index is 0.000000148. The van der Waals surface area contributed by atoms with E-state index < -0.39 is 53.0 Å². The van der Waals surface area contributed by atoms with Gasteiger partial charge in [0.2, 0.25) is 0 Å². The minimum absolute atomic E-state index is 0.220. The average molecular weight is 1620 g/mol. The molecule has 9 heterocycles. The molecule has 0 saturated carbocycles. The second kappa shape index (κ2) is 35.7. The van der Waals surface area contributed by atoms with Crippen molar-refractivity contribution >= 4 is 17.9 Å². The van der Waals surface area contributed by atoms with Crippen molar-refractivity contribution in [2.45, 2.75) is 223 Å². The summed E-state index contributed by atoms with van der Waals surface area (Å²) in [5, 5.41) is 34.8. The molecule has 0 fully saturated rings. The Hall–Kier alpha value is -10.5. The summed E-state index contributed by atoms with van der Waals surface area (Å²) in [6, 6.07) is 45.2. The number of nitrogens with zero attached hydrogens (tertiary/aromatic N) is 5. The molecule has 120 heavy (non-hydrogen) atoms. The second-order valence-corrected chi connectivity index (χ2v) is 36.0. The van der Waals surface area contributed by atoms with E-state index in [4.69, 9.17) is 43.4 Å². The van der Waals surface area contributed by atoms with Crippen molar-refractivity contribution < 1.29 is 62.5 Å². The van der Waals surface area contributed by atoms with Gasteiger partial charge in [-0.05, 0) is 329 Å². The molecule has 7 aromatic carbocycles. The van der Waals surface area contributed by atoms with Crippen LogP contribution in [0.3, 0.4) is 0 Å². The molecule has 0 aliphatic carbocycles. The molecule has 19 heteroatoms. The third-order valence-corrected chi connectivity index (χ3v) is 23.3. The molecule has 6 aliphatic heterocycles. The quantitative estimate of drug-likeness (QED) is 0.0665. The lowest BCUT2D eigenvalue weighted by atomic mass is 9.84. The summed E-state index contributed by atoms with van der Waals surface area (Å²) in [6.07, 6.45) is 4.97. The molecule has 0 saturated heterocycles. The molecule has 0 spiro atoms. The third kappa shape index (κ3) is 19.4. The van der Waals surface area contributed by atoms with Gasteiger partial charge in [0.1, 0.15) is 23.1 Å². The number of ether oxygens (including phenoxy) is 6. The molecule has 0 bridgehead atoms. The Morgan fingerprint density at radius 1 is 0.408 bits per heavy atom. The number of aromatic nitrogens is 3. The summed E-state index contributed by atoms with van der Waals surface area (Å²) in [5.74, 6) is -0.604. The van der Waals surface area contributed by atoms with E-state index in [0.717, 1.165) is 240 Å². The summed E-state index contributed by atoms with van der Waals surface area (Å²) in [4.78, 5) is 57.7. The molecule has 3 atom stereocenters. The number of likely N-dealkylation sites (N-methyl/N-ethyl adjacent to an activating group) is 1. The molecule has 6 aliphatic rings. The maximum Gasteiger partial charge on any atom is 0.337 e. The van der Waals surface area contributed by atoms with Gasteiger partial charge in [-0.25, -0.2) is 18.8 Å². The molecular weight excluding hydrogens is 1510 g/mol. The maximum atomic E-state index is 13.4. The molecule has 628 valence electrons. The highest BCUT2D eigenvalue weighted by Gasteiger charge is 2.39. The van der Waals surface area contributed by atoms with Gasteiger partial charge in [0.25, 0.3) is 0 Å². The lowest BCUT2D eigenvalue weighted by Gasteiger charge is -2.31. The lowest BCUT2D eigenvalue weighted by Crippen LogP contribution is -2.30. The van der Waals surface area contributed by atoms with E-state index in [1.54, 1.807) is 0 Å². The smallest absolute Gasteiger partial charge is 0.337 e. The van der Waals surface area contributed by atoms with Gasteiger partial charge in [0.05, 0.1) is 36.6 Å². The normalized spacial score (nSPS) is 15.9. The first kappa shape index (κ1) is 85.9. The highest BCUT2D eigenvalue weighted by molar-refractivity contribution is 5.95. The van der Waals surface area contributed by atoms with Gasteiger partial charge in [-0.15, -0.1) is 0 Å². The summed E-state index contributed by atoms with van der Waals surface area (Å²) < 4.78 is 49.8.